The first-order valence-electron chi connectivity index (χ1n) is 10.7. The number of carbonyl (C=O) groups is 2. The Morgan fingerprint density at radius 2 is 1.82 bits per heavy atom. The SMILES string of the molecule is COC(=O)c1csc(CN(CCC(C)C)C(=O)C23CC4CC(CC(C4)C2)C3)n1. The van der Waals surface area contributed by atoms with Gasteiger partial charge in [0.25, 0.3) is 0 Å². The van der Waals surface area contributed by atoms with Crippen LogP contribution < -0.4 is 0 Å². The van der Waals surface area contributed by atoms with Crippen molar-refractivity contribution >= 4 is 23.2 Å². The second kappa shape index (κ2) is 7.77. The van der Waals surface area contributed by atoms with Gasteiger partial charge in [-0.1, -0.05) is 13.8 Å². The first-order chi connectivity index (χ1) is 13.4. The number of methoxy groups -OCH3 is 1. The molecule has 0 saturated heterocycles. The number of ether oxygens (including phenoxy) is 1. The summed E-state index contributed by atoms with van der Waals surface area (Å²) in [6.07, 6.45) is 8.27. The fourth-order valence-electron chi connectivity index (χ4n) is 6.12. The fourth-order valence-corrected chi connectivity index (χ4v) is 6.90. The van der Waals surface area contributed by atoms with Crippen LogP contribution in [-0.2, 0) is 16.1 Å². The lowest BCUT2D eigenvalue weighted by atomic mass is 9.49. The minimum absolute atomic E-state index is 0.131. The normalized spacial score (nSPS) is 30.6. The molecule has 0 unspecified atom stereocenters. The Morgan fingerprint density at radius 1 is 1.21 bits per heavy atom. The van der Waals surface area contributed by atoms with Crippen LogP contribution in [0.4, 0.5) is 0 Å². The van der Waals surface area contributed by atoms with Crippen molar-refractivity contribution in [1.29, 1.82) is 0 Å². The lowest BCUT2D eigenvalue weighted by molar-refractivity contribution is -0.158. The van der Waals surface area contributed by atoms with Crippen LogP contribution in [0.3, 0.4) is 0 Å². The second-order valence-electron chi connectivity index (χ2n) is 9.73. The highest BCUT2D eigenvalue weighted by Crippen LogP contribution is 2.60. The Bertz CT molecular complexity index is 707. The minimum Gasteiger partial charge on any atom is -0.464 e. The molecule has 4 bridgehead atoms. The number of nitrogens with zero attached hydrogens (tertiary/aromatic N) is 2. The van der Waals surface area contributed by atoms with Gasteiger partial charge >= 0.3 is 5.97 Å². The topological polar surface area (TPSA) is 59.5 Å². The Hall–Kier alpha value is -1.43. The highest BCUT2D eigenvalue weighted by Gasteiger charge is 2.55. The van der Waals surface area contributed by atoms with Crippen molar-refractivity contribution in [2.24, 2.45) is 29.1 Å². The highest BCUT2D eigenvalue weighted by molar-refractivity contribution is 7.09. The predicted molar refractivity (Wildman–Crippen MR) is 109 cm³/mol. The van der Waals surface area contributed by atoms with Gasteiger partial charge in [-0.05, 0) is 68.6 Å². The van der Waals surface area contributed by atoms with Gasteiger partial charge in [0.05, 0.1) is 19.1 Å². The molecule has 5 rings (SSSR count). The van der Waals surface area contributed by atoms with Crippen molar-refractivity contribution in [2.75, 3.05) is 13.7 Å². The minimum atomic E-state index is -0.413. The molecule has 0 N–H and O–H groups in total. The molecule has 1 amide bonds. The largest absolute Gasteiger partial charge is 0.464 e. The third kappa shape index (κ3) is 3.85. The van der Waals surface area contributed by atoms with Crippen molar-refractivity contribution in [3.8, 4) is 0 Å². The molecule has 0 spiro atoms. The van der Waals surface area contributed by atoms with Crippen molar-refractivity contribution in [1.82, 2.24) is 9.88 Å². The first-order valence-corrected chi connectivity index (χ1v) is 11.6. The number of rotatable bonds is 7. The molecule has 4 aliphatic carbocycles. The first kappa shape index (κ1) is 19.9. The van der Waals surface area contributed by atoms with Gasteiger partial charge in [-0.15, -0.1) is 11.3 Å². The molecule has 0 radical (unpaired) electrons. The number of amides is 1. The van der Waals surface area contributed by atoms with E-state index in [0.29, 0.717) is 24.1 Å². The number of hydrogen-bond acceptors (Lipinski definition) is 5. The van der Waals surface area contributed by atoms with Crippen molar-refractivity contribution in [2.45, 2.75) is 65.3 Å². The van der Waals surface area contributed by atoms with Gasteiger partial charge in [-0.3, -0.25) is 4.79 Å². The molecule has 5 nitrogen and oxygen atoms in total. The van der Waals surface area contributed by atoms with Gasteiger partial charge in [-0.2, -0.15) is 0 Å². The molecule has 154 valence electrons. The van der Waals surface area contributed by atoms with Crippen LogP contribution in [0.2, 0.25) is 0 Å². The molecular weight excluding hydrogens is 372 g/mol. The number of hydrogen-bond donors (Lipinski definition) is 0. The lowest BCUT2D eigenvalue weighted by Gasteiger charge is -2.56. The molecule has 1 aromatic rings. The van der Waals surface area contributed by atoms with Crippen LogP contribution in [0.25, 0.3) is 0 Å². The van der Waals surface area contributed by atoms with E-state index in [4.69, 9.17) is 4.74 Å². The number of aromatic nitrogens is 1. The van der Waals surface area contributed by atoms with Crippen LogP contribution in [-0.4, -0.2) is 35.4 Å². The van der Waals surface area contributed by atoms with Crippen molar-refractivity contribution in [3.63, 3.8) is 0 Å². The van der Waals surface area contributed by atoms with Crippen molar-refractivity contribution < 1.29 is 14.3 Å². The Kier molecular flexibility index (Phi) is 5.51. The summed E-state index contributed by atoms with van der Waals surface area (Å²) in [7, 11) is 1.37. The average molecular weight is 405 g/mol. The highest BCUT2D eigenvalue weighted by atomic mass is 32.1. The van der Waals surface area contributed by atoms with E-state index in [1.807, 2.05) is 4.90 Å². The van der Waals surface area contributed by atoms with Crippen LogP contribution in [0.1, 0.15) is 74.3 Å². The van der Waals surface area contributed by atoms with Gasteiger partial charge in [0.1, 0.15) is 5.01 Å². The summed E-state index contributed by atoms with van der Waals surface area (Å²) >= 11 is 1.44. The Labute approximate surface area is 171 Å². The molecule has 4 fully saturated rings. The van der Waals surface area contributed by atoms with Crippen LogP contribution in [0.15, 0.2) is 5.38 Å². The maximum Gasteiger partial charge on any atom is 0.357 e. The summed E-state index contributed by atoms with van der Waals surface area (Å²) in [6, 6.07) is 0. The molecule has 1 aromatic heterocycles. The van der Waals surface area contributed by atoms with E-state index in [9.17, 15) is 9.59 Å². The summed E-state index contributed by atoms with van der Waals surface area (Å²) in [5, 5.41) is 2.55. The maximum atomic E-state index is 13.8. The smallest absolute Gasteiger partial charge is 0.357 e. The van der Waals surface area contributed by atoms with Gasteiger partial charge in [0.2, 0.25) is 5.91 Å². The number of esters is 1. The summed E-state index contributed by atoms with van der Waals surface area (Å²) in [6.45, 7) is 5.68. The summed E-state index contributed by atoms with van der Waals surface area (Å²) in [4.78, 5) is 32.0. The van der Waals surface area contributed by atoms with E-state index in [1.54, 1.807) is 5.38 Å². The van der Waals surface area contributed by atoms with E-state index in [0.717, 1.165) is 55.0 Å². The third-order valence-corrected chi connectivity index (χ3v) is 7.86. The van der Waals surface area contributed by atoms with Gasteiger partial charge < -0.3 is 9.64 Å². The third-order valence-electron chi connectivity index (χ3n) is 7.03. The average Bonchev–Trinajstić information content (AvgIpc) is 3.11. The van der Waals surface area contributed by atoms with E-state index < -0.39 is 5.97 Å². The molecular formula is C22H32N2O3S. The Morgan fingerprint density at radius 3 is 2.36 bits per heavy atom. The summed E-state index contributed by atoms with van der Waals surface area (Å²) in [5.74, 6) is 2.76. The van der Waals surface area contributed by atoms with Crippen LogP contribution in [0, 0.1) is 29.1 Å². The molecule has 0 aromatic carbocycles. The standard InChI is InChI=1S/C22H32N2O3S/c1-14(2)4-5-24(12-19-23-18(13-28-19)20(25)27-3)21(26)22-9-15-6-16(10-22)8-17(7-15)11-22/h13-17H,4-12H2,1-3H3. The number of carbonyl (C=O) groups excluding carboxylic acids is 2. The summed E-state index contributed by atoms with van der Waals surface area (Å²) in [5.41, 5.74) is 0.210. The van der Waals surface area contributed by atoms with E-state index in [-0.39, 0.29) is 5.41 Å². The molecule has 1 heterocycles. The number of thiazole rings is 1. The van der Waals surface area contributed by atoms with Crippen molar-refractivity contribution in [3.05, 3.63) is 16.1 Å². The quantitative estimate of drug-likeness (QED) is 0.627. The van der Waals surface area contributed by atoms with Crippen LogP contribution >= 0.6 is 11.3 Å². The molecule has 4 saturated carbocycles. The van der Waals surface area contributed by atoms with Gasteiger partial charge in [-0.25, -0.2) is 9.78 Å². The zero-order valence-electron chi connectivity index (χ0n) is 17.3. The van der Waals surface area contributed by atoms with E-state index in [1.165, 1.54) is 37.7 Å². The monoisotopic (exact) mass is 404 g/mol. The van der Waals surface area contributed by atoms with E-state index in [2.05, 4.69) is 18.8 Å². The predicted octanol–water partition coefficient (Wildman–Crippen LogP) is 4.52. The molecule has 0 atom stereocenters. The maximum absolute atomic E-state index is 13.8. The zero-order chi connectivity index (χ0) is 19.9. The lowest BCUT2D eigenvalue weighted by Crippen LogP contribution is -2.54. The fraction of sp³-hybridized carbons (Fsp3) is 0.773. The molecule has 0 aliphatic heterocycles. The molecule has 6 heteroatoms. The molecule has 28 heavy (non-hydrogen) atoms. The zero-order valence-corrected chi connectivity index (χ0v) is 18.1. The van der Waals surface area contributed by atoms with Crippen LogP contribution in [0.5, 0.6) is 0 Å². The van der Waals surface area contributed by atoms with E-state index >= 15 is 0 Å². The van der Waals surface area contributed by atoms with Gasteiger partial charge in [0.15, 0.2) is 5.69 Å². The van der Waals surface area contributed by atoms with Gasteiger partial charge in [0, 0.05) is 11.9 Å². The summed E-state index contributed by atoms with van der Waals surface area (Å²) < 4.78 is 4.77. The molecule has 4 aliphatic rings. The Balaban J connectivity index is 1.53. The second-order valence-corrected chi connectivity index (χ2v) is 10.7.